The van der Waals surface area contributed by atoms with Gasteiger partial charge in [-0.15, -0.1) is 6.58 Å². The molecule has 0 bridgehead atoms. The first kappa shape index (κ1) is 10.5. The lowest BCUT2D eigenvalue weighted by atomic mass is 10.0. The molecule has 0 N–H and O–H groups in total. The van der Waals surface area contributed by atoms with E-state index in [2.05, 4.69) is 32.6 Å². The quantitative estimate of drug-likeness (QED) is 0.399. The molecule has 0 saturated heterocycles. The number of allylic oxidation sites excluding steroid dienone is 3. The lowest BCUT2D eigenvalue weighted by Crippen LogP contribution is -1.87. The summed E-state index contributed by atoms with van der Waals surface area (Å²) in [6.07, 6.45) is 11.6. The molecule has 0 heteroatoms. The molecule has 0 radical (unpaired) electrons. The highest BCUT2D eigenvalue weighted by molar-refractivity contribution is 4.78. The SMILES string of the molecule is C=CC(C)CCCC/C=C\C. The molecule has 0 heterocycles. The largest absolute Gasteiger partial charge is 0.103 e. The summed E-state index contributed by atoms with van der Waals surface area (Å²) in [5.74, 6) is 0.695. The van der Waals surface area contributed by atoms with Crippen molar-refractivity contribution in [3.05, 3.63) is 24.8 Å². The lowest BCUT2D eigenvalue weighted by Gasteiger charge is -2.02. The van der Waals surface area contributed by atoms with Gasteiger partial charge in [0.2, 0.25) is 0 Å². The average Bonchev–Trinajstić information content (AvgIpc) is 2.04. The fourth-order valence-corrected chi connectivity index (χ4v) is 1.01. The van der Waals surface area contributed by atoms with Crippen LogP contribution in [-0.4, -0.2) is 0 Å². The first-order valence-electron chi connectivity index (χ1n) is 4.55. The smallest absolute Gasteiger partial charge is 0.0265 e. The number of hydrogen-bond acceptors (Lipinski definition) is 0. The molecule has 0 fully saturated rings. The second-order valence-electron chi connectivity index (χ2n) is 3.07. The van der Waals surface area contributed by atoms with E-state index in [4.69, 9.17) is 0 Å². The van der Waals surface area contributed by atoms with Gasteiger partial charge in [-0.3, -0.25) is 0 Å². The van der Waals surface area contributed by atoms with Crippen molar-refractivity contribution in [3.8, 4) is 0 Å². The molecule has 0 aromatic carbocycles. The normalized spacial score (nSPS) is 13.6. The molecule has 0 aliphatic carbocycles. The minimum Gasteiger partial charge on any atom is -0.103 e. The van der Waals surface area contributed by atoms with E-state index in [1.165, 1.54) is 25.7 Å². The molecule has 11 heavy (non-hydrogen) atoms. The van der Waals surface area contributed by atoms with Crippen LogP contribution in [0.15, 0.2) is 24.8 Å². The van der Waals surface area contributed by atoms with E-state index in [1.54, 1.807) is 0 Å². The van der Waals surface area contributed by atoms with Crippen molar-refractivity contribution < 1.29 is 0 Å². The van der Waals surface area contributed by atoms with Gasteiger partial charge in [-0.05, 0) is 32.1 Å². The first-order valence-corrected chi connectivity index (χ1v) is 4.55. The zero-order valence-corrected chi connectivity index (χ0v) is 7.84. The molecular weight excluding hydrogens is 132 g/mol. The van der Waals surface area contributed by atoms with Crippen LogP contribution in [0.25, 0.3) is 0 Å². The molecule has 64 valence electrons. The Kier molecular flexibility index (Phi) is 7.23. The van der Waals surface area contributed by atoms with Gasteiger partial charge >= 0.3 is 0 Å². The van der Waals surface area contributed by atoms with Crippen molar-refractivity contribution in [1.82, 2.24) is 0 Å². The Balaban J connectivity index is 3.07. The van der Waals surface area contributed by atoms with E-state index in [1.807, 2.05) is 6.08 Å². The summed E-state index contributed by atoms with van der Waals surface area (Å²) in [5.41, 5.74) is 0. The third-order valence-electron chi connectivity index (χ3n) is 1.92. The molecule has 1 atom stereocenters. The average molecular weight is 152 g/mol. The highest BCUT2D eigenvalue weighted by Gasteiger charge is 1.93. The highest BCUT2D eigenvalue weighted by atomic mass is 14.0. The van der Waals surface area contributed by atoms with Crippen LogP contribution in [0.3, 0.4) is 0 Å². The lowest BCUT2D eigenvalue weighted by molar-refractivity contribution is 0.585. The van der Waals surface area contributed by atoms with E-state index in [-0.39, 0.29) is 0 Å². The van der Waals surface area contributed by atoms with Crippen molar-refractivity contribution in [2.45, 2.75) is 39.5 Å². The molecule has 0 saturated carbocycles. The Bertz CT molecular complexity index is 111. The summed E-state index contributed by atoms with van der Waals surface area (Å²) in [5, 5.41) is 0. The minimum absolute atomic E-state index is 0.695. The van der Waals surface area contributed by atoms with Crippen molar-refractivity contribution in [2.24, 2.45) is 5.92 Å². The monoisotopic (exact) mass is 152 g/mol. The molecule has 0 aromatic rings. The van der Waals surface area contributed by atoms with Gasteiger partial charge in [0.25, 0.3) is 0 Å². The van der Waals surface area contributed by atoms with Crippen LogP contribution in [0.2, 0.25) is 0 Å². The van der Waals surface area contributed by atoms with Gasteiger partial charge in [-0.2, -0.15) is 0 Å². The van der Waals surface area contributed by atoms with Crippen molar-refractivity contribution >= 4 is 0 Å². The third-order valence-corrected chi connectivity index (χ3v) is 1.92. The van der Waals surface area contributed by atoms with Crippen molar-refractivity contribution in [2.75, 3.05) is 0 Å². The van der Waals surface area contributed by atoms with Gasteiger partial charge in [0.1, 0.15) is 0 Å². The van der Waals surface area contributed by atoms with Crippen molar-refractivity contribution in [3.63, 3.8) is 0 Å². The molecule has 1 unspecified atom stereocenters. The fraction of sp³-hybridized carbons (Fsp3) is 0.636. The molecule has 0 aromatic heterocycles. The Morgan fingerprint density at radius 2 is 2.09 bits per heavy atom. The second kappa shape index (κ2) is 7.59. The second-order valence-corrected chi connectivity index (χ2v) is 3.07. The first-order chi connectivity index (χ1) is 5.31. The zero-order valence-electron chi connectivity index (χ0n) is 7.84. The molecule has 0 nitrogen and oxygen atoms in total. The Hall–Kier alpha value is -0.520. The van der Waals surface area contributed by atoms with E-state index < -0.39 is 0 Å². The number of rotatable bonds is 6. The van der Waals surface area contributed by atoms with Crippen LogP contribution in [0.4, 0.5) is 0 Å². The van der Waals surface area contributed by atoms with E-state index in [0.29, 0.717) is 5.92 Å². The molecule has 0 amide bonds. The maximum atomic E-state index is 3.76. The topological polar surface area (TPSA) is 0 Å². The maximum absolute atomic E-state index is 3.76. The van der Waals surface area contributed by atoms with Gasteiger partial charge in [0.15, 0.2) is 0 Å². The Labute approximate surface area is 71.0 Å². The summed E-state index contributed by atoms with van der Waals surface area (Å²) in [7, 11) is 0. The fourth-order valence-electron chi connectivity index (χ4n) is 1.01. The Morgan fingerprint density at radius 3 is 2.64 bits per heavy atom. The van der Waals surface area contributed by atoms with Crippen LogP contribution in [0, 0.1) is 5.92 Å². The predicted octanol–water partition coefficient (Wildman–Crippen LogP) is 3.95. The summed E-state index contributed by atoms with van der Waals surface area (Å²) < 4.78 is 0. The van der Waals surface area contributed by atoms with E-state index in [9.17, 15) is 0 Å². The standard InChI is InChI=1S/C11H20/c1-4-6-7-8-9-10-11(3)5-2/h4-6,11H,2,7-10H2,1,3H3/b6-4-. The number of unbranched alkanes of at least 4 members (excludes halogenated alkanes) is 2. The van der Waals surface area contributed by atoms with Gasteiger partial charge < -0.3 is 0 Å². The van der Waals surface area contributed by atoms with E-state index in [0.717, 1.165) is 0 Å². The summed E-state index contributed by atoms with van der Waals surface area (Å²) in [6, 6.07) is 0. The maximum Gasteiger partial charge on any atom is -0.0265 e. The van der Waals surface area contributed by atoms with Crippen LogP contribution in [0.1, 0.15) is 39.5 Å². The molecule has 0 spiro atoms. The van der Waals surface area contributed by atoms with Gasteiger partial charge in [-0.1, -0.05) is 31.6 Å². The van der Waals surface area contributed by atoms with Crippen molar-refractivity contribution in [1.29, 1.82) is 0 Å². The third kappa shape index (κ3) is 7.38. The van der Waals surface area contributed by atoms with Crippen LogP contribution in [-0.2, 0) is 0 Å². The number of hydrogen-bond donors (Lipinski definition) is 0. The Morgan fingerprint density at radius 1 is 1.36 bits per heavy atom. The van der Waals surface area contributed by atoms with Gasteiger partial charge in [0.05, 0.1) is 0 Å². The van der Waals surface area contributed by atoms with Crippen LogP contribution < -0.4 is 0 Å². The minimum atomic E-state index is 0.695. The van der Waals surface area contributed by atoms with Crippen LogP contribution in [0.5, 0.6) is 0 Å². The molecule has 0 rings (SSSR count). The summed E-state index contributed by atoms with van der Waals surface area (Å²) in [6.45, 7) is 8.06. The van der Waals surface area contributed by atoms with E-state index >= 15 is 0 Å². The van der Waals surface area contributed by atoms with Gasteiger partial charge in [-0.25, -0.2) is 0 Å². The summed E-state index contributed by atoms with van der Waals surface area (Å²) >= 11 is 0. The molecule has 0 aliphatic heterocycles. The molecular formula is C11H20. The zero-order chi connectivity index (χ0) is 8.53. The van der Waals surface area contributed by atoms with Gasteiger partial charge in [0, 0.05) is 0 Å². The highest BCUT2D eigenvalue weighted by Crippen LogP contribution is 2.09. The summed E-state index contributed by atoms with van der Waals surface area (Å²) in [4.78, 5) is 0. The predicted molar refractivity (Wildman–Crippen MR) is 52.6 cm³/mol. The molecule has 0 aliphatic rings. The van der Waals surface area contributed by atoms with Crippen LogP contribution >= 0.6 is 0 Å².